The Balaban J connectivity index is 3.06. The van der Waals surface area contributed by atoms with Crippen LogP contribution in [-0.4, -0.2) is 0 Å². The van der Waals surface area contributed by atoms with Gasteiger partial charge in [-0.2, -0.15) is 0 Å². The molecule has 97 valence electrons. The second kappa shape index (κ2) is 13.0. The minimum absolute atomic E-state index is 0.238. The second-order valence-electron chi connectivity index (χ2n) is 4.85. The lowest BCUT2D eigenvalue weighted by Gasteiger charge is -2.06. The van der Waals surface area contributed by atoms with Crippen molar-refractivity contribution in [3.63, 3.8) is 0 Å². The summed E-state index contributed by atoms with van der Waals surface area (Å²) in [6, 6.07) is 0. The number of unbranched alkanes of at least 4 members (excludes halogenated alkanes) is 8. The van der Waals surface area contributed by atoms with Crippen LogP contribution in [0.1, 0.15) is 90.9 Å². The van der Waals surface area contributed by atoms with Gasteiger partial charge in [-0.25, -0.2) is 4.39 Å². The molecule has 0 aromatic heterocycles. The molecule has 0 nitrogen and oxygen atoms in total. The summed E-state index contributed by atoms with van der Waals surface area (Å²) in [4.78, 5) is 0. The van der Waals surface area contributed by atoms with E-state index in [9.17, 15) is 4.39 Å². The van der Waals surface area contributed by atoms with Gasteiger partial charge >= 0.3 is 0 Å². The van der Waals surface area contributed by atoms with E-state index in [1.54, 1.807) is 0 Å². The third-order valence-corrected chi connectivity index (χ3v) is 3.10. The first-order valence-electron chi connectivity index (χ1n) is 7.31. The predicted octanol–water partition coefficient (Wildman–Crippen LogP) is 6.21. The molecule has 0 heterocycles. The largest absolute Gasteiger partial charge is 0.240 e. The number of rotatable bonds is 12. The summed E-state index contributed by atoms with van der Waals surface area (Å²) in [5.41, 5.74) is 0. The van der Waals surface area contributed by atoms with E-state index in [4.69, 9.17) is 0 Å². The SMILES string of the molecule is CCCCCCCCC[C](F)CCCCC. The van der Waals surface area contributed by atoms with Crippen LogP contribution in [0.5, 0.6) is 0 Å². The molecule has 0 bridgehead atoms. The summed E-state index contributed by atoms with van der Waals surface area (Å²) in [7, 11) is 0. The van der Waals surface area contributed by atoms with Crippen molar-refractivity contribution in [2.24, 2.45) is 0 Å². The molecule has 0 spiro atoms. The molecule has 0 rings (SSSR count). The maximum Gasteiger partial charge on any atom is 0.144 e. The number of hydrogen-bond acceptors (Lipinski definition) is 0. The zero-order valence-corrected chi connectivity index (χ0v) is 11.4. The monoisotopic (exact) mass is 229 g/mol. The highest BCUT2D eigenvalue weighted by molar-refractivity contribution is 4.75. The molecule has 0 saturated heterocycles. The van der Waals surface area contributed by atoms with Crippen LogP contribution in [0.25, 0.3) is 0 Å². The van der Waals surface area contributed by atoms with Crippen molar-refractivity contribution in [1.82, 2.24) is 0 Å². The van der Waals surface area contributed by atoms with E-state index in [1.165, 1.54) is 51.4 Å². The van der Waals surface area contributed by atoms with Gasteiger partial charge in [-0.05, 0) is 12.8 Å². The Morgan fingerprint density at radius 1 is 0.625 bits per heavy atom. The van der Waals surface area contributed by atoms with E-state index in [2.05, 4.69) is 13.8 Å². The van der Waals surface area contributed by atoms with Crippen LogP contribution < -0.4 is 0 Å². The van der Waals surface area contributed by atoms with Gasteiger partial charge in [0.15, 0.2) is 0 Å². The fourth-order valence-electron chi connectivity index (χ4n) is 1.97. The zero-order chi connectivity index (χ0) is 12.1. The van der Waals surface area contributed by atoms with Gasteiger partial charge in [-0.3, -0.25) is 0 Å². The molecule has 0 aromatic rings. The van der Waals surface area contributed by atoms with Crippen LogP contribution in [0.3, 0.4) is 0 Å². The lowest BCUT2D eigenvalue weighted by molar-refractivity contribution is 0.400. The van der Waals surface area contributed by atoms with Crippen molar-refractivity contribution in [2.45, 2.75) is 90.9 Å². The Labute approximate surface area is 102 Å². The molecule has 1 radical (unpaired) electrons. The molecule has 0 amide bonds. The summed E-state index contributed by atoms with van der Waals surface area (Å²) in [5.74, 6) is 0. The van der Waals surface area contributed by atoms with E-state index < -0.39 is 0 Å². The van der Waals surface area contributed by atoms with Crippen LogP contribution in [0.4, 0.5) is 4.39 Å². The van der Waals surface area contributed by atoms with Crippen LogP contribution >= 0.6 is 0 Å². The van der Waals surface area contributed by atoms with Crippen LogP contribution in [0.15, 0.2) is 0 Å². The molecule has 0 aromatic carbocycles. The van der Waals surface area contributed by atoms with E-state index in [0.29, 0.717) is 6.42 Å². The minimum Gasteiger partial charge on any atom is -0.240 e. The third-order valence-electron chi connectivity index (χ3n) is 3.10. The summed E-state index contributed by atoms with van der Waals surface area (Å²) in [6.07, 6.45) is 14.0. The van der Waals surface area contributed by atoms with Crippen molar-refractivity contribution in [2.75, 3.05) is 0 Å². The molecule has 16 heavy (non-hydrogen) atoms. The van der Waals surface area contributed by atoms with Crippen molar-refractivity contribution in [3.8, 4) is 0 Å². The van der Waals surface area contributed by atoms with Gasteiger partial charge in [0.1, 0.15) is 6.17 Å². The van der Waals surface area contributed by atoms with Gasteiger partial charge in [-0.15, -0.1) is 0 Å². The fraction of sp³-hybridized carbons (Fsp3) is 0.933. The normalized spacial score (nSPS) is 11.2. The number of halogens is 1. The predicted molar refractivity (Wildman–Crippen MR) is 71.1 cm³/mol. The Kier molecular flexibility index (Phi) is 12.9. The van der Waals surface area contributed by atoms with Crippen molar-refractivity contribution in [1.29, 1.82) is 0 Å². The highest BCUT2D eigenvalue weighted by Crippen LogP contribution is 2.21. The van der Waals surface area contributed by atoms with E-state index >= 15 is 0 Å². The molecular formula is C15H30F. The quantitative estimate of drug-likeness (QED) is 0.349. The average molecular weight is 229 g/mol. The van der Waals surface area contributed by atoms with Crippen molar-refractivity contribution in [3.05, 3.63) is 6.17 Å². The first-order chi connectivity index (χ1) is 7.81. The van der Waals surface area contributed by atoms with E-state index in [1.807, 2.05) is 0 Å². The summed E-state index contributed by atoms with van der Waals surface area (Å²) in [5, 5.41) is 0. The Morgan fingerprint density at radius 2 is 1.00 bits per heavy atom. The highest BCUT2D eigenvalue weighted by atomic mass is 19.1. The molecule has 0 N–H and O–H groups in total. The van der Waals surface area contributed by atoms with Gasteiger partial charge in [0.05, 0.1) is 0 Å². The Hall–Kier alpha value is -0.0700. The molecule has 0 unspecified atom stereocenters. The minimum atomic E-state index is 0.238. The maximum atomic E-state index is 13.3. The van der Waals surface area contributed by atoms with Gasteiger partial charge < -0.3 is 0 Å². The second-order valence-corrected chi connectivity index (χ2v) is 4.85. The Morgan fingerprint density at radius 3 is 1.56 bits per heavy atom. The van der Waals surface area contributed by atoms with Crippen LogP contribution in [0, 0.1) is 6.17 Å². The highest BCUT2D eigenvalue weighted by Gasteiger charge is 2.06. The molecule has 0 aliphatic heterocycles. The van der Waals surface area contributed by atoms with Gasteiger partial charge in [-0.1, -0.05) is 78.1 Å². The van der Waals surface area contributed by atoms with Crippen molar-refractivity contribution >= 4 is 0 Å². The van der Waals surface area contributed by atoms with E-state index in [-0.39, 0.29) is 6.17 Å². The van der Waals surface area contributed by atoms with Gasteiger partial charge in [0, 0.05) is 0 Å². The lowest BCUT2D eigenvalue weighted by Crippen LogP contribution is -1.91. The fourth-order valence-corrected chi connectivity index (χ4v) is 1.97. The Bertz CT molecular complexity index is 123. The first-order valence-corrected chi connectivity index (χ1v) is 7.31. The standard InChI is InChI=1S/C15H30F/c1-3-5-7-8-9-10-12-14-15(16)13-11-6-4-2/h3-14H2,1-2H3. The maximum absolute atomic E-state index is 13.3. The average Bonchev–Trinajstić information content (AvgIpc) is 2.28. The van der Waals surface area contributed by atoms with Gasteiger partial charge in [0.25, 0.3) is 0 Å². The smallest absolute Gasteiger partial charge is 0.144 e. The topological polar surface area (TPSA) is 0 Å². The van der Waals surface area contributed by atoms with Gasteiger partial charge in [0.2, 0.25) is 0 Å². The molecule has 0 saturated carbocycles. The molecule has 0 aliphatic rings. The molecule has 0 aliphatic carbocycles. The lowest BCUT2D eigenvalue weighted by atomic mass is 10.0. The first kappa shape index (κ1) is 15.9. The number of hydrogen-bond donors (Lipinski definition) is 0. The summed E-state index contributed by atoms with van der Waals surface area (Å²) >= 11 is 0. The summed E-state index contributed by atoms with van der Waals surface area (Å²) < 4.78 is 13.3. The van der Waals surface area contributed by atoms with E-state index in [0.717, 1.165) is 19.3 Å². The third kappa shape index (κ3) is 12.0. The summed E-state index contributed by atoms with van der Waals surface area (Å²) in [6.45, 7) is 4.40. The zero-order valence-electron chi connectivity index (χ0n) is 11.4. The van der Waals surface area contributed by atoms with Crippen LogP contribution in [-0.2, 0) is 0 Å². The molecule has 1 heteroatoms. The van der Waals surface area contributed by atoms with Crippen LogP contribution in [0.2, 0.25) is 0 Å². The molecular weight excluding hydrogens is 199 g/mol. The molecule has 0 atom stereocenters. The molecule has 0 fully saturated rings. The van der Waals surface area contributed by atoms with Crippen molar-refractivity contribution < 1.29 is 4.39 Å².